The number of hydrogen-bond donors (Lipinski definition) is 0. The quantitative estimate of drug-likeness (QED) is 0.686. The normalized spacial score (nSPS) is 10.8. The van der Waals surface area contributed by atoms with Gasteiger partial charge in [0.15, 0.2) is 0 Å². The van der Waals surface area contributed by atoms with E-state index >= 15 is 0 Å². The summed E-state index contributed by atoms with van der Waals surface area (Å²) in [6, 6.07) is 4.24. The minimum absolute atomic E-state index is 0.700. The van der Waals surface area contributed by atoms with E-state index in [2.05, 4.69) is 56.0 Å². The van der Waals surface area contributed by atoms with Crippen LogP contribution in [-0.4, -0.2) is 6.61 Å². The van der Waals surface area contributed by atoms with Gasteiger partial charge in [-0.15, -0.1) is 11.3 Å². The van der Waals surface area contributed by atoms with Gasteiger partial charge in [0.25, 0.3) is 0 Å². The second kappa shape index (κ2) is 4.37. The lowest BCUT2D eigenvalue weighted by molar-refractivity contribution is 0.336. The van der Waals surface area contributed by atoms with E-state index < -0.39 is 0 Å². The number of fused-ring (bicyclic) bond motifs is 1. The predicted octanol–water partition coefficient (Wildman–Crippen LogP) is 4.67. The standard InChI is InChI=1S/C10H8BrIOS/c1-2-13-9-7(11)5-6-3-4-14-10(6)8(9)12/h3-5H,2H2,1H3. The van der Waals surface area contributed by atoms with Crippen LogP contribution in [0.1, 0.15) is 6.92 Å². The second-order valence-electron chi connectivity index (χ2n) is 2.77. The topological polar surface area (TPSA) is 9.23 Å². The van der Waals surface area contributed by atoms with Gasteiger partial charge in [-0.05, 0) is 68.3 Å². The molecule has 0 saturated heterocycles. The van der Waals surface area contributed by atoms with Gasteiger partial charge < -0.3 is 4.74 Å². The molecule has 2 rings (SSSR count). The van der Waals surface area contributed by atoms with E-state index in [0.717, 1.165) is 10.2 Å². The van der Waals surface area contributed by atoms with E-state index in [9.17, 15) is 0 Å². The predicted molar refractivity (Wildman–Crippen MR) is 73.4 cm³/mol. The van der Waals surface area contributed by atoms with Crippen LogP contribution >= 0.6 is 49.9 Å². The zero-order valence-corrected chi connectivity index (χ0v) is 12.1. The summed E-state index contributed by atoms with van der Waals surface area (Å²) >= 11 is 7.62. The second-order valence-corrected chi connectivity index (χ2v) is 5.62. The minimum Gasteiger partial charge on any atom is -0.492 e. The van der Waals surface area contributed by atoms with E-state index in [1.807, 2.05) is 6.92 Å². The van der Waals surface area contributed by atoms with Crippen molar-refractivity contribution in [1.29, 1.82) is 0 Å². The Labute approximate surface area is 109 Å². The molecule has 74 valence electrons. The molecule has 0 aliphatic heterocycles. The number of benzene rings is 1. The molecule has 0 amide bonds. The highest BCUT2D eigenvalue weighted by Gasteiger charge is 2.11. The van der Waals surface area contributed by atoms with Crippen LogP contribution in [0.15, 0.2) is 22.0 Å². The Morgan fingerprint density at radius 2 is 2.36 bits per heavy atom. The third-order valence-electron chi connectivity index (χ3n) is 1.88. The average molecular weight is 383 g/mol. The molecule has 1 heterocycles. The zero-order valence-electron chi connectivity index (χ0n) is 7.51. The molecule has 0 N–H and O–H groups in total. The zero-order chi connectivity index (χ0) is 10.1. The third kappa shape index (κ3) is 1.79. The molecule has 0 aliphatic carbocycles. The SMILES string of the molecule is CCOc1c(Br)cc2ccsc2c1I. The molecule has 0 atom stereocenters. The first-order valence-electron chi connectivity index (χ1n) is 4.22. The summed E-state index contributed by atoms with van der Waals surface area (Å²) in [5.41, 5.74) is 0. The van der Waals surface area contributed by atoms with Crippen LogP contribution in [0.3, 0.4) is 0 Å². The lowest BCUT2D eigenvalue weighted by Gasteiger charge is -2.08. The number of halogens is 2. The number of hydrogen-bond acceptors (Lipinski definition) is 2. The van der Waals surface area contributed by atoms with E-state index in [-0.39, 0.29) is 0 Å². The van der Waals surface area contributed by atoms with Crippen molar-refractivity contribution in [3.05, 3.63) is 25.6 Å². The Balaban J connectivity index is 2.69. The summed E-state index contributed by atoms with van der Waals surface area (Å²) in [4.78, 5) is 0. The third-order valence-corrected chi connectivity index (χ3v) is 4.81. The van der Waals surface area contributed by atoms with Gasteiger partial charge in [-0.25, -0.2) is 0 Å². The molecule has 0 spiro atoms. The summed E-state index contributed by atoms with van der Waals surface area (Å²) < 4.78 is 9.13. The van der Waals surface area contributed by atoms with Crippen molar-refractivity contribution in [1.82, 2.24) is 0 Å². The monoisotopic (exact) mass is 382 g/mol. The Bertz CT molecular complexity index is 466. The highest BCUT2D eigenvalue weighted by atomic mass is 127. The highest BCUT2D eigenvalue weighted by Crippen LogP contribution is 2.38. The van der Waals surface area contributed by atoms with Crippen molar-refractivity contribution >= 4 is 59.9 Å². The van der Waals surface area contributed by atoms with Crippen LogP contribution < -0.4 is 4.74 Å². The van der Waals surface area contributed by atoms with Crippen molar-refractivity contribution in [3.63, 3.8) is 0 Å². The first-order chi connectivity index (χ1) is 6.74. The van der Waals surface area contributed by atoms with E-state index in [0.29, 0.717) is 6.61 Å². The van der Waals surface area contributed by atoms with Crippen LogP contribution in [0.5, 0.6) is 5.75 Å². The van der Waals surface area contributed by atoms with Crippen molar-refractivity contribution in [2.45, 2.75) is 6.92 Å². The number of rotatable bonds is 2. The smallest absolute Gasteiger partial charge is 0.148 e. The van der Waals surface area contributed by atoms with Gasteiger partial charge in [0.2, 0.25) is 0 Å². The Kier molecular flexibility index (Phi) is 3.34. The molecule has 0 fully saturated rings. The van der Waals surface area contributed by atoms with Crippen LogP contribution in [-0.2, 0) is 0 Å². The summed E-state index contributed by atoms with van der Waals surface area (Å²) in [6.45, 7) is 2.70. The molecule has 2 aromatic rings. The Morgan fingerprint density at radius 1 is 1.57 bits per heavy atom. The molecule has 14 heavy (non-hydrogen) atoms. The van der Waals surface area contributed by atoms with Crippen molar-refractivity contribution in [2.24, 2.45) is 0 Å². The molecule has 1 aromatic heterocycles. The fourth-order valence-electron chi connectivity index (χ4n) is 1.30. The molecule has 1 aromatic carbocycles. The minimum atomic E-state index is 0.700. The maximum Gasteiger partial charge on any atom is 0.148 e. The molecule has 4 heteroatoms. The molecular formula is C10H8BrIOS. The molecule has 0 aliphatic rings. The molecule has 0 saturated carbocycles. The van der Waals surface area contributed by atoms with Gasteiger partial charge in [0.1, 0.15) is 5.75 Å². The first-order valence-corrected chi connectivity index (χ1v) is 6.97. The van der Waals surface area contributed by atoms with E-state index in [1.54, 1.807) is 11.3 Å². The maximum absolute atomic E-state index is 5.60. The molecule has 0 radical (unpaired) electrons. The van der Waals surface area contributed by atoms with Crippen molar-refractivity contribution in [3.8, 4) is 5.75 Å². The largest absolute Gasteiger partial charge is 0.492 e. The first kappa shape index (κ1) is 10.7. The number of thiophene rings is 1. The Morgan fingerprint density at radius 3 is 3.07 bits per heavy atom. The highest BCUT2D eigenvalue weighted by molar-refractivity contribution is 14.1. The molecule has 1 nitrogen and oxygen atoms in total. The van der Waals surface area contributed by atoms with Gasteiger partial charge in [0, 0.05) is 0 Å². The van der Waals surface area contributed by atoms with Crippen molar-refractivity contribution < 1.29 is 4.74 Å². The van der Waals surface area contributed by atoms with Gasteiger partial charge in [-0.3, -0.25) is 0 Å². The average Bonchev–Trinajstić information content (AvgIpc) is 2.60. The molecule has 0 bridgehead atoms. The Hall–Kier alpha value is 0.190. The fraction of sp³-hybridized carbons (Fsp3) is 0.200. The van der Waals surface area contributed by atoms with Crippen LogP contribution in [0.2, 0.25) is 0 Å². The summed E-state index contributed by atoms with van der Waals surface area (Å²) in [6.07, 6.45) is 0. The van der Waals surface area contributed by atoms with Crippen LogP contribution in [0.4, 0.5) is 0 Å². The molecular weight excluding hydrogens is 375 g/mol. The van der Waals surface area contributed by atoms with Crippen LogP contribution in [0, 0.1) is 3.57 Å². The summed E-state index contributed by atoms with van der Waals surface area (Å²) in [7, 11) is 0. The summed E-state index contributed by atoms with van der Waals surface area (Å²) in [5.74, 6) is 0.961. The van der Waals surface area contributed by atoms with E-state index in [4.69, 9.17) is 4.74 Å². The van der Waals surface area contributed by atoms with Crippen LogP contribution in [0.25, 0.3) is 10.1 Å². The molecule has 0 unspecified atom stereocenters. The maximum atomic E-state index is 5.60. The van der Waals surface area contributed by atoms with E-state index in [1.165, 1.54) is 13.7 Å². The number of ether oxygens (including phenoxy) is 1. The van der Waals surface area contributed by atoms with Crippen molar-refractivity contribution in [2.75, 3.05) is 6.61 Å². The van der Waals surface area contributed by atoms with Gasteiger partial charge >= 0.3 is 0 Å². The fourth-order valence-corrected chi connectivity index (χ4v) is 4.18. The summed E-state index contributed by atoms with van der Waals surface area (Å²) in [5, 5.41) is 3.38. The lowest BCUT2D eigenvalue weighted by atomic mass is 10.2. The lowest BCUT2D eigenvalue weighted by Crippen LogP contribution is -1.94. The van der Waals surface area contributed by atoms with Gasteiger partial charge in [0.05, 0.1) is 19.3 Å². The van der Waals surface area contributed by atoms with Gasteiger partial charge in [-0.2, -0.15) is 0 Å². The van der Waals surface area contributed by atoms with Gasteiger partial charge in [-0.1, -0.05) is 0 Å².